The highest BCUT2D eigenvalue weighted by Crippen LogP contribution is 2.04. The number of nitrogens with zero attached hydrogens (tertiary/aromatic N) is 2. The van der Waals surface area contributed by atoms with Crippen LogP contribution in [-0.4, -0.2) is 37.6 Å². The average molecular weight is 283 g/mol. The van der Waals surface area contributed by atoms with Gasteiger partial charge < -0.3 is 9.88 Å². The second-order valence-electron chi connectivity index (χ2n) is 3.58. The fraction of sp³-hybridized carbons (Fsp3) is 0.667. The maximum Gasteiger partial charge on any atom is 0.259 e. The first-order valence-electron chi connectivity index (χ1n) is 5.18. The van der Waals surface area contributed by atoms with E-state index in [4.69, 9.17) is 0 Å². The van der Waals surface area contributed by atoms with Crippen molar-refractivity contribution in [3.63, 3.8) is 0 Å². The molecular weight excluding hydrogens is 264 g/mol. The smallest absolute Gasteiger partial charge is 0.259 e. The summed E-state index contributed by atoms with van der Waals surface area (Å²) < 4.78 is 27.7. The Hall–Kier alpha value is -0.630. The van der Waals surface area contributed by atoms with Crippen LogP contribution in [0.1, 0.15) is 13.8 Å². The highest BCUT2D eigenvalue weighted by Gasteiger charge is 2.17. The molecule has 1 atom stereocenters. The molecule has 0 amide bonds. The van der Waals surface area contributed by atoms with Crippen LogP contribution in [0.15, 0.2) is 17.6 Å². The zero-order chi connectivity index (χ0) is 12.2. The van der Waals surface area contributed by atoms with Crippen LogP contribution >= 0.6 is 12.4 Å². The van der Waals surface area contributed by atoms with E-state index in [1.807, 2.05) is 13.8 Å². The number of aryl methyl sites for hydroxylation is 1. The summed E-state index contributed by atoms with van der Waals surface area (Å²) in [4.78, 5) is 3.85. The van der Waals surface area contributed by atoms with Gasteiger partial charge in [0.25, 0.3) is 10.0 Å². The lowest BCUT2D eigenvalue weighted by Gasteiger charge is -2.10. The molecule has 0 spiro atoms. The molecule has 1 rings (SSSR count). The molecule has 1 aromatic heterocycles. The number of sulfonamides is 1. The molecule has 8 heteroatoms. The van der Waals surface area contributed by atoms with E-state index in [2.05, 4.69) is 15.0 Å². The predicted molar refractivity (Wildman–Crippen MR) is 68.9 cm³/mol. The van der Waals surface area contributed by atoms with E-state index in [1.165, 1.54) is 12.5 Å². The normalized spacial score (nSPS) is 13.1. The summed E-state index contributed by atoms with van der Waals surface area (Å²) in [5.41, 5.74) is 0. The van der Waals surface area contributed by atoms with E-state index in [0.717, 1.165) is 0 Å². The van der Waals surface area contributed by atoms with Crippen molar-refractivity contribution < 1.29 is 8.42 Å². The molecule has 0 radical (unpaired) electrons. The quantitative estimate of drug-likeness (QED) is 0.782. The Morgan fingerprint density at radius 2 is 2.18 bits per heavy atom. The number of hydrogen-bond acceptors (Lipinski definition) is 4. The molecule has 0 aliphatic rings. The molecule has 6 nitrogen and oxygen atoms in total. The number of aromatic nitrogens is 2. The van der Waals surface area contributed by atoms with Crippen LogP contribution in [-0.2, 0) is 16.6 Å². The van der Waals surface area contributed by atoms with E-state index < -0.39 is 10.0 Å². The Balaban J connectivity index is 0.00000256. The lowest BCUT2D eigenvalue weighted by Crippen LogP contribution is -2.37. The standard InChI is InChI=1S/C9H18N4O2S.ClH/c1-4-13-6-9(11-7-13)16(14,15)12-5-8(2)10-3;/h6-8,10,12H,4-5H2,1-3H3;1H. The van der Waals surface area contributed by atoms with E-state index in [1.54, 1.807) is 11.6 Å². The van der Waals surface area contributed by atoms with Crippen LogP contribution in [0.3, 0.4) is 0 Å². The SMILES string of the molecule is CCn1cnc(S(=O)(=O)NCC(C)NC)c1.Cl. The largest absolute Gasteiger partial charge is 0.336 e. The molecule has 2 N–H and O–H groups in total. The highest BCUT2D eigenvalue weighted by molar-refractivity contribution is 7.89. The molecule has 0 aliphatic heterocycles. The van der Waals surface area contributed by atoms with Crippen molar-refractivity contribution in [1.29, 1.82) is 0 Å². The van der Waals surface area contributed by atoms with Gasteiger partial charge in [-0.2, -0.15) is 0 Å². The van der Waals surface area contributed by atoms with Crippen LogP contribution in [0, 0.1) is 0 Å². The van der Waals surface area contributed by atoms with Crippen LogP contribution < -0.4 is 10.0 Å². The molecule has 0 saturated heterocycles. The van der Waals surface area contributed by atoms with E-state index in [-0.39, 0.29) is 23.5 Å². The number of rotatable bonds is 6. The third kappa shape index (κ3) is 4.63. The molecule has 0 fully saturated rings. The molecule has 0 saturated carbocycles. The monoisotopic (exact) mass is 282 g/mol. The molecular formula is C9H19ClN4O2S. The summed E-state index contributed by atoms with van der Waals surface area (Å²) in [6, 6.07) is 0.0861. The first kappa shape index (κ1) is 16.4. The lowest BCUT2D eigenvalue weighted by atomic mass is 10.4. The second kappa shape index (κ2) is 6.95. The van der Waals surface area contributed by atoms with Crippen molar-refractivity contribution in [3.8, 4) is 0 Å². The van der Waals surface area contributed by atoms with Crippen molar-refractivity contribution in [2.24, 2.45) is 0 Å². The van der Waals surface area contributed by atoms with Gasteiger partial charge in [-0.15, -0.1) is 12.4 Å². The zero-order valence-corrected chi connectivity index (χ0v) is 11.8. The van der Waals surface area contributed by atoms with Gasteiger partial charge >= 0.3 is 0 Å². The van der Waals surface area contributed by atoms with Gasteiger partial charge in [-0.1, -0.05) is 0 Å². The van der Waals surface area contributed by atoms with Gasteiger partial charge in [0, 0.05) is 25.3 Å². The van der Waals surface area contributed by atoms with Gasteiger partial charge in [0.2, 0.25) is 0 Å². The highest BCUT2D eigenvalue weighted by atomic mass is 35.5. The molecule has 1 unspecified atom stereocenters. The van der Waals surface area contributed by atoms with Crippen LogP contribution in [0.25, 0.3) is 0 Å². The number of likely N-dealkylation sites (N-methyl/N-ethyl adjacent to an activating group) is 1. The van der Waals surface area contributed by atoms with Crippen LogP contribution in [0.4, 0.5) is 0 Å². The Morgan fingerprint density at radius 1 is 1.53 bits per heavy atom. The van der Waals surface area contributed by atoms with Crippen LogP contribution in [0.2, 0.25) is 0 Å². The summed E-state index contributed by atoms with van der Waals surface area (Å²) >= 11 is 0. The van der Waals surface area contributed by atoms with Gasteiger partial charge in [-0.05, 0) is 20.9 Å². The van der Waals surface area contributed by atoms with Gasteiger partial charge in [0.15, 0.2) is 5.03 Å². The number of nitrogens with one attached hydrogen (secondary N) is 2. The minimum atomic E-state index is -3.48. The van der Waals surface area contributed by atoms with Crippen LogP contribution in [0.5, 0.6) is 0 Å². The minimum absolute atomic E-state index is 0. The van der Waals surface area contributed by atoms with E-state index in [9.17, 15) is 8.42 Å². The first-order valence-corrected chi connectivity index (χ1v) is 6.66. The van der Waals surface area contributed by atoms with E-state index in [0.29, 0.717) is 13.1 Å². The van der Waals surface area contributed by atoms with Gasteiger partial charge in [0.1, 0.15) is 0 Å². The molecule has 100 valence electrons. The van der Waals surface area contributed by atoms with Crippen molar-refractivity contribution in [2.75, 3.05) is 13.6 Å². The molecule has 0 aliphatic carbocycles. The maximum atomic E-state index is 11.8. The van der Waals surface area contributed by atoms with Gasteiger partial charge in [0.05, 0.1) is 6.33 Å². The third-order valence-corrected chi connectivity index (χ3v) is 3.63. The summed E-state index contributed by atoms with van der Waals surface area (Å²) in [6.45, 7) is 4.87. The average Bonchev–Trinajstić information content (AvgIpc) is 2.75. The molecule has 17 heavy (non-hydrogen) atoms. The fourth-order valence-corrected chi connectivity index (χ4v) is 2.14. The summed E-state index contributed by atoms with van der Waals surface area (Å²) in [5.74, 6) is 0. The summed E-state index contributed by atoms with van der Waals surface area (Å²) in [6.07, 6.45) is 3.03. The second-order valence-corrected chi connectivity index (χ2v) is 5.30. The number of hydrogen-bond donors (Lipinski definition) is 2. The Labute approximate surface area is 108 Å². The summed E-state index contributed by atoms with van der Waals surface area (Å²) in [5, 5.41) is 3.02. The number of imidazole rings is 1. The zero-order valence-electron chi connectivity index (χ0n) is 10.2. The van der Waals surface area contributed by atoms with Crippen molar-refractivity contribution in [1.82, 2.24) is 19.6 Å². The molecule has 1 heterocycles. The molecule has 0 aromatic carbocycles. The first-order chi connectivity index (χ1) is 7.49. The Kier molecular flexibility index (Phi) is 6.69. The van der Waals surface area contributed by atoms with Gasteiger partial charge in [-0.3, -0.25) is 0 Å². The maximum absolute atomic E-state index is 11.8. The third-order valence-electron chi connectivity index (χ3n) is 2.32. The van der Waals surface area contributed by atoms with Gasteiger partial charge in [-0.25, -0.2) is 18.1 Å². The van der Waals surface area contributed by atoms with Crippen molar-refractivity contribution in [3.05, 3.63) is 12.5 Å². The predicted octanol–water partition coefficient (Wildman–Crippen LogP) is 0.211. The van der Waals surface area contributed by atoms with Crippen molar-refractivity contribution >= 4 is 22.4 Å². The number of halogens is 1. The fourth-order valence-electron chi connectivity index (χ4n) is 1.06. The van der Waals surface area contributed by atoms with Crippen molar-refractivity contribution in [2.45, 2.75) is 31.5 Å². The van der Waals surface area contributed by atoms with E-state index >= 15 is 0 Å². The molecule has 1 aromatic rings. The Morgan fingerprint density at radius 3 is 2.65 bits per heavy atom. The summed E-state index contributed by atoms with van der Waals surface area (Å²) in [7, 11) is -1.69. The lowest BCUT2D eigenvalue weighted by molar-refractivity contribution is 0.552. The Bertz CT molecular complexity index is 432. The topological polar surface area (TPSA) is 76.0 Å². The molecule has 0 bridgehead atoms. The minimum Gasteiger partial charge on any atom is -0.336 e.